The second-order valence-corrected chi connectivity index (χ2v) is 4.03. The van der Waals surface area contributed by atoms with Crippen molar-refractivity contribution in [2.24, 2.45) is 5.73 Å². The third-order valence-corrected chi connectivity index (χ3v) is 2.63. The summed E-state index contributed by atoms with van der Waals surface area (Å²) in [6.07, 6.45) is 1.35. The van der Waals surface area contributed by atoms with Gasteiger partial charge in [-0.2, -0.15) is 0 Å². The van der Waals surface area contributed by atoms with Crippen LogP contribution in [0.5, 0.6) is 0 Å². The Bertz CT molecular complexity index is 393. The fourth-order valence-electron chi connectivity index (χ4n) is 1.49. The highest BCUT2D eigenvalue weighted by Gasteiger charge is 2.44. The van der Waals surface area contributed by atoms with Gasteiger partial charge in [0, 0.05) is 12.5 Å². The first-order valence-corrected chi connectivity index (χ1v) is 4.77. The van der Waals surface area contributed by atoms with Crippen molar-refractivity contribution < 1.29 is 13.6 Å². The van der Waals surface area contributed by atoms with E-state index in [0.29, 0.717) is 18.4 Å². The molecule has 0 spiro atoms. The third-order valence-electron chi connectivity index (χ3n) is 2.63. The first kappa shape index (κ1) is 10.2. The van der Waals surface area contributed by atoms with E-state index in [1.54, 1.807) is 0 Å². The number of rotatable bonds is 3. The summed E-state index contributed by atoms with van der Waals surface area (Å²) >= 11 is 0. The van der Waals surface area contributed by atoms with Crippen molar-refractivity contribution in [3.05, 3.63) is 35.4 Å². The molecule has 0 saturated heterocycles. The van der Waals surface area contributed by atoms with Gasteiger partial charge in [0.2, 0.25) is 0 Å². The van der Waals surface area contributed by atoms with E-state index in [9.17, 15) is 13.6 Å². The lowest BCUT2D eigenvalue weighted by molar-refractivity contribution is -0.120. The molecule has 0 amide bonds. The monoisotopic (exact) mass is 211 g/mol. The molecule has 0 aliphatic heterocycles. The van der Waals surface area contributed by atoms with E-state index in [1.807, 2.05) is 0 Å². The lowest BCUT2D eigenvalue weighted by atomic mass is 10.0. The minimum atomic E-state index is -0.733. The average Bonchev–Trinajstić information content (AvgIpc) is 2.83. The molecule has 0 radical (unpaired) electrons. The van der Waals surface area contributed by atoms with Crippen molar-refractivity contribution in [1.29, 1.82) is 0 Å². The zero-order valence-corrected chi connectivity index (χ0v) is 8.09. The Kier molecular flexibility index (Phi) is 2.31. The van der Waals surface area contributed by atoms with Crippen molar-refractivity contribution in [2.75, 3.05) is 0 Å². The molecule has 80 valence electrons. The Balaban J connectivity index is 2.13. The lowest BCUT2D eigenvalue weighted by Crippen LogP contribution is -2.34. The van der Waals surface area contributed by atoms with E-state index in [0.717, 1.165) is 18.2 Å². The van der Waals surface area contributed by atoms with E-state index in [1.165, 1.54) is 0 Å². The molecule has 0 bridgehead atoms. The van der Waals surface area contributed by atoms with Crippen LogP contribution in [0.2, 0.25) is 0 Å². The number of carbonyl (C=O) groups excluding carboxylic acids is 1. The summed E-state index contributed by atoms with van der Waals surface area (Å²) in [5.74, 6) is -1.48. The molecule has 1 aromatic carbocycles. The number of ketones is 1. The van der Waals surface area contributed by atoms with Gasteiger partial charge in [-0.15, -0.1) is 0 Å². The summed E-state index contributed by atoms with van der Waals surface area (Å²) < 4.78 is 25.6. The maximum atomic E-state index is 12.8. The number of carbonyl (C=O) groups is 1. The maximum absolute atomic E-state index is 12.8. The van der Waals surface area contributed by atoms with Crippen molar-refractivity contribution in [1.82, 2.24) is 0 Å². The molecule has 4 heteroatoms. The second-order valence-electron chi connectivity index (χ2n) is 4.03. The zero-order chi connectivity index (χ0) is 11.1. The summed E-state index contributed by atoms with van der Waals surface area (Å²) in [7, 11) is 0. The topological polar surface area (TPSA) is 43.1 Å². The SMILES string of the molecule is NC1(C(=O)Cc2cc(F)cc(F)c2)CC1. The quantitative estimate of drug-likeness (QED) is 0.824. The van der Waals surface area contributed by atoms with Crippen LogP contribution in [-0.2, 0) is 11.2 Å². The third kappa shape index (κ3) is 2.21. The number of nitrogens with two attached hydrogens (primary N) is 1. The van der Waals surface area contributed by atoms with Crippen molar-refractivity contribution >= 4 is 5.78 Å². The molecule has 1 aliphatic rings. The van der Waals surface area contributed by atoms with E-state index in [4.69, 9.17) is 5.73 Å². The minimum Gasteiger partial charge on any atom is -0.319 e. The van der Waals surface area contributed by atoms with Crippen LogP contribution in [0.15, 0.2) is 18.2 Å². The molecule has 1 aromatic rings. The molecule has 1 fully saturated rings. The van der Waals surface area contributed by atoms with Crippen LogP contribution in [0.3, 0.4) is 0 Å². The molecule has 0 heterocycles. The molecule has 1 saturated carbocycles. The Hall–Kier alpha value is -1.29. The van der Waals surface area contributed by atoms with Crippen LogP contribution in [-0.4, -0.2) is 11.3 Å². The summed E-state index contributed by atoms with van der Waals surface area (Å²) in [5.41, 5.74) is 5.29. The number of benzene rings is 1. The van der Waals surface area contributed by atoms with Gasteiger partial charge in [0.05, 0.1) is 5.54 Å². The van der Waals surface area contributed by atoms with E-state index in [-0.39, 0.29) is 12.2 Å². The van der Waals surface area contributed by atoms with Crippen LogP contribution in [0.25, 0.3) is 0 Å². The van der Waals surface area contributed by atoms with Gasteiger partial charge in [0.25, 0.3) is 0 Å². The van der Waals surface area contributed by atoms with E-state index < -0.39 is 17.2 Å². The summed E-state index contributed by atoms with van der Waals surface area (Å²) in [5, 5.41) is 0. The standard InChI is InChI=1S/C11H11F2NO/c12-8-3-7(4-9(13)6-8)5-10(15)11(14)1-2-11/h3-4,6H,1-2,5,14H2. The predicted molar refractivity (Wildman–Crippen MR) is 51.2 cm³/mol. The van der Waals surface area contributed by atoms with Crippen molar-refractivity contribution in [3.63, 3.8) is 0 Å². The number of hydrogen-bond donors (Lipinski definition) is 1. The summed E-state index contributed by atoms with van der Waals surface area (Å²) in [4.78, 5) is 11.5. The molecular weight excluding hydrogens is 200 g/mol. The largest absolute Gasteiger partial charge is 0.319 e. The summed E-state index contributed by atoms with van der Waals surface area (Å²) in [6.45, 7) is 0. The molecule has 0 aromatic heterocycles. The minimum absolute atomic E-state index is 0.00514. The molecule has 1 aliphatic carbocycles. The zero-order valence-electron chi connectivity index (χ0n) is 8.09. The van der Waals surface area contributed by atoms with Gasteiger partial charge in [0.1, 0.15) is 11.6 Å². The van der Waals surface area contributed by atoms with Crippen LogP contribution in [0.4, 0.5) is 8.78 Å². The van der Waals surface area contributed by atoms with E-state index in [2.05, 4.69) is 0 Å². The average molecular weight is 211 g/mol. The van der Waals surface area contributed by atoms with Crippen LogP contribution >= 0.6 is 0 Å². The highest BCUT2D eigenvalue weighted by Crippen LogP contribution is 2.34. The smallest absolute Gasteiger partial charge is 0.156 e. The molecule has 2 N–H and O–H groups in total. The van der Waals surface area contributed by atoms with E-state index >= 15 is 0 Å². The van der Waals surface area contributed by atoms with Gasteiger partial charge >= 0.3 is 0 Å². The molecule has 15 heavy (non-hydrogen) atoms. The highest BCUT2D eigenvalue weighted by atomic mass is 19.1. The van der Waals surface area contributed by atoms with Crippen molar-refractivity contribution in [3.8, 4) is 0 Å². The number of hydrogen-bond acceptors (Lipinski definition) is 2. The molecule has 2 rings (SSSR count). The normalized spacial score (nSPS) is 17.5. The van der Waals surface area contributed by atoms with Gasteiger partial charge in [0.15, 0.2) is 5.78 Å². The highest BCUT2D eigenvalue weighted by molar-refractivity contribution is 5.92. The fraction of sp³-hybridized carbons (Fsp3) is 0.364. The fourth-order valence-corrected chi connectivity index (χ4v) is 1.49. The van der Waals surface area contributed by atoms with Gasteiger partial charge in [-0.25, -0.2) is 8.78 Å². The van der Waals surface area contributed by atoms with Crippen LogP contribution in [0.1, 0.15) is 18.4 Å². The Labute approximate surface area is 86.1 Å². The molecule has 0 atom stereocenters. The predicted octanol–water partition coefficient (Wildman–Crippen LogP) is 1.57. The maximum Gasteiger partial charge on any atom is 0.156 e. The van der Waals surface area contributed by atoms with Gasteiger partial charge < -0.3 is 5.73 Å². The lowest BCUT2D eigenvalue weighted by Gasteiger charge is -2.07. The first-order chi connectivity index (χ1) is 6.99. The van der Waals surface area contributed by atoms with Crippen molar-refractivity contribution in [2.45, 2.75) is 24.8 Å². The Morgan fingerprint density at radius 3 is 2.27 bits per heavy atom. The van der Waals surface area contributed by atoms with Crippen LogP contribution in [0, 0.1) is 11.6 Å². The van der Waals surface area contributed by atoms with Gasteiger partial charge in [-0.05, 0) is 30.5 Å². The number of halogens is 2. The molecule has 0 unspecified atom stereocenters. The second kappa shape index (κ2) is 3.38. The Morgan fingerprint density at radius 2 is 1.80 bits per heavy atom. The van der Waals surface area contributed by atoms with Crippen LogP contribution < -0.4 is 5.73 Å². The van der Waals surface area contributed by atoms with Gasteiger partial charge in [-0.1, -0.05) is 0 Å². The molecular formula is C11H11F2NO. The molecule has 2 nitrogen and oxygen atoms in total. The summed E-state index contributed by atoms with van der Waals surface area (Å²) in [6, 6.07) is 3.10. The Morgan fingerprint density at radius 1 is 1.27 bits per heavy atom. The number of Topliss-reactive ketones (excluding diaryl/α,β-unsaturated/α-hetero) is 1. The first-order valence-electron chi connectivity index (χ1n) is 4.77. The van der Waals surface area contributed by atoms with Gasteiger partial charge in [-0.3, -0.25) is 4.79 Å².